The summed E-state index contributed by atoms with van der Waals surface area (Å²) in [7, 11) is 0. The zero-order valence-electron chi connectivity index (χ0n) is 32.8. The van der Waals surface area contributed by atoms with Gasteiger partial charge >= 0.3 is 0 Å². The maximum Gasteiger partial charge on any atom is 0.160 e. The molecule has 0 amide bonds. The van der Waals surface area contributed by atoms with E-state index < -0.39 is 0 Å². The molecule has 0 radical (unpaired) electrons. The molecule has 8 aromatic carbocycles. The molecule has 0 aliphatic rings. The molecular formula is C55H34N6. The third kappa shape index (κ3) is 5.74. The quantitative estimate of drug-likeness (QED) is 0.135. The second-order valence-corrected chi connectivity index (χ2v) is 14.9. The van der Waals surface area contributed by atoms with Crippen molar-refractivity contribution < 1.29 is 0 Å². The molecule has 11 aromatic rings. The Hall–Kier alpha value is -8.71. The summed E-state index contributed by atoms with van der Waals surface area (Å²) in [5, 5.41) is 15.3. The highest BCUT2D eigenvalue weighted by Crippen LogP contribution is 2.48. The number of nitriles is 1. The smallest absolute Gasteiger partial charge is 0.160 e. The molecule has 11 rings (SSSR count). The molecule has 0 fully saturated rings. The van der Waals surface area contributed by atoms with Crippen LogP contribution in [0, 0.1) is 23.3 Å². The van der Waals surface area contributed by atoms with Crippen molar-refractivity contribution in [3.63, 3.8) is 0 Å². The number of nitrogens with zero attached hydrogens (tertiary/aromatic N) is 5. The largest absolute Gasteiger partial charge is 0.359 e. The summed E-state index contributed by atoms with van der Waals surface area (Å²) in [4.78, 5) is 10.1. The van der Waals surface area contributed by atoms with E-state index in [9.17, 15) is 5.26 Å². The lowest BCUT2D eigenvalue weighted by Gasteiger charge is -2.16. The highest BCUT2D eigenvalue weighted by molar-refractivity contribution is 6.28. The maximum atomic E-state index is 10.8. The molecule has 3 aromatic heterocycles. The highest BCUT2D eigenvalue weighted by Gasteiger charge is 2.26. The SMILES string of the molecule is N#Cc1c(-c2ccccc2)nc(-c2ccccc2)nc1-c1ccc(-c2c3c4ccccc4n(-c4ccccc4)c3cc3c2c2ccccc2n3-c2ccccc2)c(C#CN)c1. The predicted molar refractivity (Wildman–Crippen MR) is 248 cm³/mol. The van der Waals surface area contributed by atoms with Crippen molar-refractivity contribution in [2.45, 2.75) is 0 Å². The fourth-order valence-electron chi connectivity index (χ4n) is 8.94. The Morgan fingerprint density at radius 1 is 0.459 bits per heavy atom. The molecule has 0 saturated heterocycles. The summed E-state index contributed by atoms with van der Waals surface area (Å²) >= 11 is 0. The van der Waals surface area contributed by atoms with Crippen molar-refractivity contribution in [1.82, 2.24) is 19.1 Å². The average Bonchev–Trinajstić information content (AvgIpc) is 3.84. The Morgan fingerprint density at radius 2 is 0.934 bits per heavy atom. The van der Waals surface area contributed by atoms with E-state index in [1.807, 2.05) is 66.7 Å². The van der Waals surface area contributed by atoms with Crippen molar-refractivity contribution in [3.8, 4) is 74.4 Å². The van der Waals surface area contributed by atoms with Gasteiger partial charge in [0.15, 0.2) is 5.82 Å². The third-order valence-electron chi connectivity index (χ3n) is 11.5. The van der Waals surface area contributed by atoms with Gasteiger partial charge in [0.1, 0.15) is 11.6 Å². The van der Waals surface area contributed by atoms with E-state index in [4.69, 9.17) is 15.7 Å². The van der Waals surface area contributed by atoms with Crippen LogP contribution in [0.3, 0.4) is 0 Å². The first-order valence-electron chi connectivity index (χ1n) is 20.1. The minimum absolute atomic E-state index is 0.381. The topological polar surface area (TPSA) is 85.5 Å². The minimum atomic E-state index is 0.381. The highest BCUT2D eigenvalue weighted by atomic mass is 15.0. The molecular weight excluding hydrogens is 745 g/mol. The molecule has 0 bridgehead atoms. The van der Waals surface area contributed by atoms with E-state index in [0.717, 1.165) is 82.8 Å². The van der Waals surface area contributed by atoms with E-state index in [2.05, 4.69) is 155 Å². The number of hydrogen-bond donors (Lipinski definition) is 1. The molecule has 0 atom stereocenters. The molecule has 6 heteroatoms. The average molecular weight is 779 g/mol. The summed E-state index contributed by atoms with van der Waals surface area (Å²) < 4.78 is 4.72. The van der Waals surface area contributed by atoms with Crippen LogP contribution in [0.15, 0.2) is 194 Å². The first-order chi connectivity index (χ1) is 30.2. The van der Waals surface area contributed by atoms with Gasteiger partial charge in [-0.25, -0.2) is 9.97 Å². The van der Waals surface area contributed by atoms with Crippen LogP contribution in [-0.2, 0) is 0 Å². The Kier molecular flexibility index (Phi) is 8.48. The number of nitrogens with two attached hydrogens (primary N) is 1. The van der Waals surface area contributed by atoms with Crippen LogP contribution in [0.4, 0.5) is 0 Å². The van der Waals surface area contributed by atoms with E-state index in [1.54, 1.807) is 0 Å². The number of fused-ring (bicyclic) bond motifs is 6. The Bertz CT molecular complexity index is 3460. The van der Waals surface area contributed by atoms with E-state index in [1.165, 1.54) is 0 Å². The summed E-state index contributed by atoms with van der Waals surface area (Å²) in [5.74, 6) is 3.83. The first kappa shape index (κ1) is 35.5. The zero-order chi connectivity index (χ0) is 40.9. The summed E-state index contributed by atoms with van der Waals surface area (Å²) in [5.41, 5.74) is 19.2. The van der Waals surface area contributed by atoms with Crippen molar-refractivity contribution in [1.29, 1.82) is 5.26 Å². The van der Waals surface area contributed by atoms with Crippen LogP contribution in [0.5, 0.6) is 0 Å². The fourth-order valence-corrected chi connectivity index (χ4v) is 8.94. The second kappa shape index (κ2) is 14.6. The number of rotatable bonds is 6. The number of benzene rings is 8. The lowest BCUT2D eigenvalue weighted by Crippen LogP contribution is -2.01. The Labute approximate surface area is 352 Å². The van der Waals surface area contributed by atoms with Gasteiger partial charge in [-0.2, -0.15) is 5.26 Å². The standard InChI is InChI=1S/C55H34N6/c56-32-31-38-33-39(54-45(35-57)53(36-17-5-1-6-18-36)58-55(59-54)37-19-7-2-8-20-37)29-30-42(38)52-50-43-25-13-15-27-46(43)60(40-21-9-3-10-22-40)48(50)34-49-51(52)44-26-14-16-28-47(44)61(49)41-23-11-4-12-24-41/h1-30,33-34H,56H2. The monoisotopic (exact) mass is 778 g/mol. The fraction of sp³-hybridized carbons (Fsp3) is 0. The molecule has 284 valence electrons. The molecule has 0 saturated carbocycles. The molecule has 0 aliphatic carbocycles. The molecule has 2 N–H and O–H groups in total. The number of hydrogen-bond acceptors (Lipinski definition) is 4. The summed E-state index contributed by atoms with van der Waals surface area (Å²) in [6, 6.07) is 71.7. The van der Waals surface area contributed by atoms with Gasteiger partial charge in [0.2, 0.25) is 0 Å². The first-order valence-corrected chi connectivity index (χ1v) is 20.1. The number of aromatic nitrogens is 4. The van der Waals surface area contributed by atoms with Gasteiger partial charge < -0.3 is 14.9 Å². The van der Waals surface area contributed by atoms with Crippen molar-refractivity contribution in [3.05, 3.63) is 205 Å². The summed E-state index contributed by atoms with van der Waals surface area (Å²) in [6.07, 6.45) is 0. The lowest BCUT2D eigenvalue weighted by atomic mass is 9.89. The van der Waals surface area contributed by atoms with Crippen LogP contribution >= 0.6 is 0 Å². The van der Waals surface area contributed by atoms with Gasteiger partial charge in [-0.1, -0.05) is 146 Å². The van der Waals surface area contributed by atoms with Crippen LogP contribution in [0.25, 0.3) is 100 Å². The lowest BCUT2D eigenvalue weighted by molar-refractivity contribution is 1.16. The maximum absolute atomic E-state index is 10.8. The minimum Gasteiger partial charge on any atom is -0.359 e. The second-order valence-electron chi connectivity index (χ2n) is 14.9. The van der Waals surface area contributed by atoms with Gasteiger partial charge in [-0.3, -0.25) is 0 Å². The van der Waals surface area contributed by atoms with E-state index in [0.29, 0.717) is 28.3 Å². The molecule has 0 unspecified atom stereocenters. The van der Waals surface area contributed by atoms with Crippen LogP contribution in [-0.4, -0.2) is 19.1 Å². The van der Waals surface area contributed by atoms with Gasteiger partial charge in [0, 0.05) is 66.8 Å². The third-order valence-corrected chi connectivity index (χ3v) is 11.5. The Morgan fingerprint density at radius 3 is 1.46 bits per heavy atom. The van der Waals surface area contributed by atoms with Crippen molar-refractivity contribution in [2.24, 2.45) is 5.73 Å². The van der Waals surface area contributed by atoms with Crippen molar-refractivity contribution >= 4 is 43.6 Å². The predicted octanol–water partition coefficient (Wildman–Crippen LogP) is 12.5. The zero-order valence-corrected chi connectivity index (χ0v) is 32.8. The molecule has 0 aliphatic heterocycles. The van der Waals surface area contributed by atoms with Crippen LogP contribution < -0.4 is 5.73 Å². The normalized spacial score (nSPS) is 11.2. The molecule has 0 spiro atoms. The molecule has 61 heavy (non-hydrogen) atoms. The molecule has 6 nitrogen and oxygen atoms in total. The van der Waals surface area contributed by atoms with E-state index in [-0.39, 0.29) is 0 Å². The van der Waals surface area contributed by atoms with Gasteiger partial charge in [0.05, 0.1) is 33.5 Å². The van der Waals surface area contributed by atoms with Crippen LogP contribution in [0.1, 0.15) is 11.1 Å². The van der Waals surface area contributed by atoms with E-state index >= 15 is 0 Å². The van der Waals surface area contributed by atoms with Crippen molar-refractivity contribution in [2.75, 3.05) is 0 Å². The van der Waals surface area contributed by atoms with Gasteiger partial charge in [-0.15, -0.1) is 0 Å². The molecule has 3 heterocycles. The van der Waals surface area contributed by atoms with Crippen LogP contribution in [0.2, 0.25) is 0 Å². The Balaban J connectivity index is 1.27. The summed E-state index contributed by atoms with van der Waals surface area (Å²) in [6.45, 7) is 0. The van der Waals surface area contributed by atoms with Gasteiger partial charge in [0.25, 0.3) is 0 Å². The number of para-hydroxylation sites is 4. The van der Waals surface area contributed by atoms with Gasteiger partial charge in [-0.05, 0) is 60.0 Å².